The van der Waals surface area contributed by atoms with E-state index in [0.29, 0.717) is 17.9 Å². The van der Waals surface area contributed by atoms with Crippen LogP contribution < -0.4 is 0 Å². The molecule has 1 aromatic carbocycles. The smallest absolute Gasteiger partial charge is 0.263 e. The third-order valence-electron chi connectivity index (χ3n) is 6.28. The van der Waals surface area contributed by atoms with Crippen molar-refractivity contribution >= 4 is 17.2 Å². The van der Waals surface area contributed by atoms with Gasteiger partial charge in [-0.05, 0) is 61.3 Å². The molecule has 0 spiro atoms. The van der Waals surface area contributed by atoms with Gasteiger partial charge in [0.2, 0.25) is 0 Å². The number of hydrogen-bond donors (Lipinski definition) is 0. The Morgan fingerprint density at radius 1 is 1.26 bits per heavy atom. The third-order valence-corrected chi connectivity index (χ3v) is 7.14. The Labute approximate surface area is 187 Å². The maximum Gasteiger partial charge on any atom is 0.263 e. The number of aromatic nitrogens is 2. The summed E-state index contributed by atoms with van der Waals surface area (Å²) in [6, 6.07) is 10.6. The Morgan fingerprint density at radius 2 is 2.03 bits per heavy atom. The molecule has 0 aliphatic carbocycles. The summed E-state index contributed by atoms with van der Waals surface area (Å²) >= 11 is 1.46. The van der Waals surface area contributed by atoms with Gasteiger partial charge >= 0.3 is 0 Å². The molecule has 0 unspecified atom stereocenters. The summed E-state index contributed by atoms with van der Waals surface area (Å²) in [6.45, 7) is 2.82. The highest BCUT2D eigenvalue weighted by atomic mass is 32.1. The number of piperidine rings is 1. The van der Waals surface area contributed by atoms with Crippen LogP contribution in [0.3, 0.4) is 0 Å². The van der Waals surface area contributed by atoms with Crippen LogP contribution in [0.15, 0.2) is 54.2 Å². The van der Waals surface area contributed by atoms with E-state index in [4.69, 9.17) is 0 Å². The summed E-state index contributed by atoms with van der Waals surface area (Å²) < 4.78 is 16.3. The minimum absolute atomic E-state index is 0.0223. The lowest BCUT2D eigenvalue weighted by atomic mass is 9.84. The minimum Gasteiger partial charge on any atom is -0.337 e. The topological polar surface area (TPSA) is 41.4 Å². The molecule has 1 atom stereocenters. The van der Waals surface area contributed by atoms with Crippen molar-refractivity contribution in [3.63, 3.8) is 0 Å². The monoisotopic (exact) mass is 440 g/mol. The number of nitrogens with zero attached hydrogens (tertiary/aromatic N) is 4. The van der Waals surface area contributed by atoms with Crippen LogP contribution in [0, 0.1) is 11.7 Å². The molecule has 0 bridgehead atoms. The number of aryl methyl sites for hydroxylation is 1. The summed E-state index contributed by atoms with van der Waals surface area (Å²) in [4.78, 5) is 18.1. The molecule has 164 valence electrons. The van der Waals surface area contributed by atoms with Crippen molar-refractivity contribution in [3.8, 4) is 0 Å². The Morgan fingerprint density at radius 3 is 2.68 bits per heavy atom. The first-order chi connectivity index (χ1) is 15.0. The van der Waals surface area contributed by atoms with Crippen LogP contribution in [0.5, 0.6) is 0 Å². The van der Waals surface area contributed by atoms with Crippen LogP contribution in [0.1, 0.15) is 33.6 Å². The Hall–Kier alpha value is -2.51. The predicted octanol–water partition coefficient (Wildman–Crippen LogP) is 4.22. The fourth-order valence-corrected chi connectivity index (χ4v) is 5.25. The highest BCUT2D eigenvalue weighted by Gasteiger charge is 2.32. The van der Waals surface area contributed by atoms with Crippen LogP contribution in [0.2, 0.25) is 0 Å². The minimum atomic E-state index is -0.196. The molecule has 4 rings (SSSR count). The number of rotatable bonds is 7. The van der Waals surface area contributed by atoms with Crippen molar-refractivity contribution in [2.24, 2.45) is 13.0 Å². The summed E-state index contributed by atoms with van der Waals surface area (Å²) in [5, 5.41) is 6.18. The van der Waals surface area contributed by atoms with Gasteiger partial charge in [-0.3, -0.25) is 14.4 Å². The van der Waals surface area contributed by atoms with Gasteiger partial charge in [-0.2, -0.15) is 5.10 Å². The average Bonchev–Trinajstić information content (AvgIpc) is 3.45. The molecule has 1 aliphatic heterocycles. The molecule has 2 aromatic heterocycles. The molecule has 0 N–H and O–H groups in total. The second kappa shape index (κ2) is 9.75. The van der Waals surface area contributed by atoms with Gasteiger partial charge in [-0.1, -0.05) is 24.3 Å². The zero-order valence-electron chi connectivity index (χ0n) is 18.1. The van der Waals surface area contributed by atoms with Gasteiger partial charge in [0.05, 0.1) is 11.1 Å². The number of amides is 1. The number of carbonyl (C=O) groups is 1. The third kappa shape index (κ3) is 5.22. The van der Waals surface area contributed by atoms with Gasteiger partial charge in [-0.15, -0.1) is 11.3 Å². The van der Waals surface area contributed by atoms with Crippen LogP contribution in [-0.4, -0.2) is 51.7 Å². The summed E-state index contributed by atoms with van der Waals surface area (Å²) in [7, 11) is 3.80. The molecular weight excluding hydrogens is 411 g/mol. The molecule has 3 aromatic rings. The van der Waals surface area contributed by atoms with Crippen molar-refractivity contribution in [3.05, 3.63) is 76.0 Å². The Kier molecular flexibility index (Phi) is 6.83. The number of carbonyl (C=O) groups excluding carboxylic acids is 1. The second-order valence-electron chi connectivity index (χ2n) is 8.39. The van der Waals surface area contributed by atoms with E-state index >= 15 is 0 Å². The SMILES string of the molecule is CN(C(=O)c1cccs1)[C@@H](Cc1ccccc1F)C1CCN(Cc2cnn(C)c2)CC1. The van der Waals surface area contributed by atoms with E-state index < -0.39 is 0 Å². The molecule has 1 saturated heterocycles. The maximum absolute atomic E-state index is 14.4. The lowest BCUT2D eigenvalue weighted by Gasteiger charge is -2.40. The van der Waals surface area contributed by atoms with Gasteiger partial charge in [-0.25, -0.2) is 4.39 Å². The number of likely N-dealkylation sites (tertiary alicyclic amines) is 1. The fraction of sp³-hybridized carbons (Fsp3) is 0.417. The number of thiophene rings is 1. The molecule has 0 radical (unpaired) electrons. The van der Waals surface area contributed by atoms with Crippen LogP contribution in [0.25, 0.3) is 0 Å². The van der Waals surface area contributed by atoms with Crippen molar-refractivity contribution in [2.45, 2.75) is 31.8 Å². The van der Waals surface area contributed by atoms with E-state index in [1.54, 1.807) is 6.07 Å². The number of hydrogen-bond acceptors (Lipinski definition) is 4. The molecule has 1 fully saturated rings. The van der Waals surface area contributed by atoms with Crippen molar-refractivity contribution in [1.29, 1.82) is 0 Å². The van der Waals surface area contributed by atoms with E-state index in [-0.39, 0.29) is 17.8 Å². The van der Waals surface area contributed by atoms with E-state index in [2.05, 4.69) is 16.2 Å². The Bertz CT molecular complexity index is 995. The van der Waals surface area contributed by atoms with Gasteiger partial charge in [0.1, 0.15) is 5.82 Å². The molecule has 1 amide bonds. The van der Waals surface area contributed by atoms with Crippen molar-refractivity contribution in [2.75, 3.05) is 20.1 Å². The summed E-state index contributed by atoms with van der Waals surface area (Å²) in [6.07, 6.45) is 6.48. The number of likely N-dealkylation sites (N-methyl/N-ethyl adjacent to an activating group) is 1. The van der Waals surface area contributed by atoms with Gasteiger partial charge < -0.3 is 4.90 Å². The molecule has 0 saturated carbocycles. The first-order valence-corrected chi connectivity index (χ1v) is 11.6. The van der Waals surface area contributed by atoms with Crippen LogP contribution in [-0.2, 0) is 20.0 Å². The summed E-state index contributed by atoms with van der Waals surface area (Å²) in [5.74, 6) is 0.159. The first kappa shape index (κ1) is 21.7. The van der Waals surface area contributed by atoms with Gasteiger partial charge in [0.25, 0.3) is 5.91 Å². The lowest BCUT2D eigenvalue weighted by Crippen LogP contribution is -2.47. The predicted molar refractivity (Wildman–Crippen MR) is 122 cm³/mol. The van der Waals surface area contributed by atoms with Crippen molar-refractivity contribution < 1.29 is 9.18 Å². The molecule has 5 nitrogen and oxygen atoms in total. The molecule has 1 aliphatic rings. The number of benzene rings is 1. The summed E-state index contributed by atoms with van der Waals surface area (Å²) in [5.41, 5.74) is 1.89. The fourth-order valence-electron chi connectivity index (χ4n) is 4.54. The zero-order chi connectivity index (χ0) is 21.8. The normalized spacial score (nSPS) is 16.4. The molecule has 31 heavy (non-hydrogen) atoms. The van der Waals surface area contributed by atoms with E-state index in [0.717, 1.165) is 37.4 Å². The Balaban J connectivity index is 1.47. The molecular formula is C24H29FN4OS. The van der Waals surface area contributed by atoms with E-state index in [1.807, 2.05) is 59.5 Å². The van der Waals surface area contributed by atoms with E-state index in [1.165, 1.54) is 23.0 Å². The first-order valence-electron chi connectivity index (χ1n) is 10.7. The zero-order valence-corrected chi connectivity index (χ0v) is 18.9. The maximum atomic E-state index is 14.4. The quantitative estimate of drug-likeness (QED) is 0.553. The van der Waals surface area contributed by atoms with Gasteiger partial charge in [0, 0.05) is 38.4 Å². The van der Waals surface area contributed by atoms with E-state index in [9.17, 15) is 9.18 Å². The van der Waals surface area contributed by atoms with Crippen LogP contribution >= 0.6 is 11.3 Å². The average molecular weight is 441 g/mol. The largest absolute Gasteiger partial charge is 0.337 e. The number of halogens is 1. The highest BCUT2D eigenvalue weighted by Crippen LogP contribution is 2.29. The van der Waals surface area contributed by atoms with Gasteiger partial charge in [0.15, 0.2) is 0 Å². The molecule has 7 heteroatoms. The van der Waals surface area contributed by atoms with Crippen molar-refractivity contribution in [1.82, 2.24) is 19.6 Å². The molecule has 3 heterocycles. The second-order valence-corrected chi connectivity index (χ2v) is 9.34. The van der Waals surface area contributed by atoms with Crippen LogP contribution in [0.4, 0.5) is 4.39 Å². The standard InChI is InChI=1S/C24H29FN4OS/c1-27-16-18(15-26-27)17-29-11-9-19(10-12-29)22(14-20-6-3-4-7-21(20)25)28(2)24(30)23-8-5-13-31-23/h3-8,13,15-16,19,22H,9-12,14,17H2,1-2H3/t22-/m0/s1. The lowest BCUT2D eigenvalue weighted by molar-refractivity contribution is 0.0588. The highest BCUT2D eigenvalue weighted by molar-refractivity contribution is 7.12.